The summed E-state index contributed by atoms with van der Waals surface area (Å²) < 4.78 is 10.0. The zero-order valence-corrected chi connectivity index (χ0v) is 12.3. The highest BCUT2D eigenvalue weighted by Crippen LogP contribution is 2.11. The van der Waals surface area contributed by atoms with Gasteiger partial charge in [-0.05, 0) is 35.9 Å². The van der Waals surface area contributed by atoms with Gasteiger partial charge in [0.1, 0.15) is 16.4 Å². The first-order valence-corrected chi connectivity index (χ1v) is 6.88. The molecule has 0 radical (unpaired) electrons. The van der Waals surface area contributed by atoms with Crippen molar-refractivity contribution >= 4 is 12.2 Å². The smallest absolute Gasteiger partial charge is 0.272 e. The molecule has 6 heteroatoms. The van der Waals surface area contributed by atoms with E-state index in [1.54, 1.807) is 49.6 Å². The van der Waals surface area contributed by atoms with Gasteiger partial charge in [-0.25, -0.2) is 0 Å². The predicted octanol–water partition coefficient (Wildman–Crippen LogP) is 0.322. The maximum Gasteiger partial charge on any atom is 0.272 e. The molecule has 0 atom stereocenters. The summed E-state index contributed by atoms with van der Waals surface area (Å²) in [6.07, 6.45) is 6.11. The van der Waals surface area contributed by atoms with E-state index in [-0.39, 0.29) is 21.8 Å². The summed E-state index contributed by atoms with van der Waals surface area (Å²) in [5, 5.41) is 0.354. The molecule has 3 rings (SSSR count). The molecule has 3 aromatic rings. The summed E-state index contributed by atoms with van der Waals surface area (Å²) in [6.45, 7) is 0. The number of benzene rings is 1. The zero-order chi connectivity index (χ0) is 16.2. The van der Waals surface area contributed by atoms with Gasteiger partial charge >= 0.3 is 0 Å². The Morgan fingerprint density at radius 2 is 1.52 bits per heavy atom. The van der Waals surface area contributed by atoms with Crippen LogP contribution in [0.2, 0.25) is 0 Å². The second-order valence-corrected chi connectivity index (χ2v) is 4.85. The first-order valence-electron chi connectivity index (χ1n) is 6.88. The van der Waals surface area contributed by atoms with Gasteiger partial charge in [0.05, 0.1) is 19.6 Å². The lowest BCUT2D eigenvalue weighted by Crippen LogP contribution is -2.46. The third-order valence-electron chi connectivity index (χ3n) is 3.27. The Morgan fingerprint density at radius 1 is 0.913 bits per heavy atom. The fraction of sp³-hybridized carbons (Fsp3) is 0.0588. The molecule has 2 heterocycles. The minimum absolute atomic E-state index is 0.170. The van der Waals surface area contributed by atoms with Gasteiger partial charge in [-0.2, -0.15) is 0 Å². The van der Waals surface area contributed by atoms with Crippen LogP contribution in [0.25, 0.3) is 12.2 Å². The van der Waals surface area contributed by atoms with Crippen molar-refractivity contribution in [3.8, 4) is 5.75 Å². The quantitative estimate of drug-likeness (QED) is 0.729. The van der Waals surface area contributed by atoms with Gasteiger partial charge in [-0.1, -0.05) is 12.1 Å². The van der Waals surface area contributed by atoms with Gasteiger partial charge in [0.2, 0.25) is 0 Å². The second-order valence-electron chi connectivity index (χ2n) is 4.85. The molecule has 0 aliphatic rings. The SMILES string of the molecule is COc1ccc(C=c2[nH]c(=O)c(=Cc3ccoc3)[nH]c2=O)cc1. The first kappa shape index (κ1) is 14.6. The van der Waals surface area contributed by atoms with Crippen LogP contribution in [0.4, 0.5) is 0 Å². The fourth-order valence-electron chi connectivity index (χ4n) is 2.09. The number of nitrogens with one attached hydrogen (secondary N) is 2. The van der Waals surface area contributed by atoms with Crippen LogP contribution in [0.15, 0.2) is 56.9 Å². The van der Waals surface area contributed by atoms with Gasteiger partial charge in [0.15, 0.2) is 0 Å². The van der Waals surface area contributed by atoms with E-state index in [1.165, 1.54) is 12.5 Å². The highest BCUT2D eigenvalue weighted by molar-refractivity contribution is 5.49. The van der Waals surface area contributed by atoms with E-state index in [9.17, 15) is 9.59 Å². The number of hydrogen-bond donors (Lipinski definition) is 2. The van der Waals surface area contributed by atoms with Crippen LogP contribution in [-0.2, 0) is 0 Å². The van der Waals surface area contributed by atoms with Crippen molar-refractivity contribution in [1.82, 2.24) is 9.97 Å². The Hall–Kier alpha value is -3.28. The molecule has 6 nitrogen and oxygen atoms in total. The normalized spacial score (nSPS) is 12.6. The van der Waals surface area contributed by atoms with Crippen LogP contribution >= 0.6 is 0 Å². The van der Waals surface area contributed by atoms with Crippen LogP contribution < -0.4 is 26.6 Å². The minimum atomic E-state index is -0.384. The molecule has 116 valence electrons. The lowest BCUT2D eigenvalue weighted by molar-refractivity contribution is 0.415. The predicted molar refractivity (Wildman–Crippen MR) is 85.8 cm³/mol. The van der Waals surface area contributed by atoms with Gasteiger partial charge < -0.3 is 19.1 Å². The number of ether oxygens (including phenoxy) is 1. The standard InChI is InChI=1S/C17H14N2O4/c1-22-13-4-2-11(3-5-13)8-14-16(20)19-15(17(21)18-14)9-12-6-7-23-10-12/h2-10H,1H3,(H,18,21)(H,19,20). The third kappa shape index (κ3) is 3.32. The summed E-state index contributed by atoms with van der Waals surface area (Å²) in [5.41, 5.74) is 0.706. The number of furan rings is 1. The van der Waals surface area contributed by atoms with Gasteiger partial charge in [-0.3, -0.25) is 9.59 Å². The Bertz CT molecular complexity index is 1030. The maximum atomic E-state index is 12.1. The Kier molecular flexibility index (Phi) is 3.97. The summed E-state index contributed by atoms with van der Waals surface area (Å²) in [6, 6.07) is 8.83. The van der Waals surface area contributed by atoms with Crippen molar-refractivity contribution in [1.29, 1.82) is 0 Å². The molecule has 0 unspecified atom stereocenters. The molecule has 0 bridgehead atoms. The van der Waals surface area contributed by atoms with E-state index in [1.807, 2.05) is 0 Å². The van der Waals surface area contributed by atoms with Crippen LogP contribution in [0.3, 0.4) is 0 Å². The van der Waals surface area contributed by atoms with Gasteiger partial charge in [-0.15, -0.1) is 0 Å². The molecule has 0 aliphatic carbocycles. The third-order valence-corrected chi connectivity index (χ3v) is 3.27. The molecule has 2 N–H and O–H groups in total. The average molecular weight is 310 g/mol. The number of hydrogen-bond acceptors (Lipinski definition) is 4. The molecule has 0 aliphatic heterocycles. The molecule has 1 aromatic carbocycles. The van der Waals surface area contributed by atoms with E-state index >= 15 is 0 Å². The summed E-state index contributed by atoms with van der Waals surface area (Å²) in [4.78, 5) is 29.4. The zero-order valence-electron chi connectivity index (χ0n) is 12.3. The summed E-state index contributed by atoms with van der Waals surface area (Å²) >= 11 is 0. The van der Waals surface area contributed by atoms with Crippen LogP contribution in [0.5, 0.6) is 5.75 Å². The minimum Gasteiger partial charge on any atom is -0.497 e. The number of aromatic amines is 2. The maximum absolute atomic E-state index is 12.1. The van der Waals surface area contributed by atoms with Crippen molar-refractivity contribution in [3.05, 3.63) is 85.4 Å². The molecule has 23 heavy (non-hydrogen) atoms. The Morgan fingerprint density at radius 3 is 2.04 bits per heavy atom. The van der Waals surface area contributed by atoms with Crippen LogP contribution in [-0.4, -0.2) is 17.1 Å². The molecule has 0 saturated carbocycles. The highest BCUT2D eigenvalue weighted by atomic mass is 16.5. The van der Waals surface area contributed by atoms with E-state index in [4.69, 9.17) is 9.15 Å². The number of methoxy groups -OCH3 is 1. The first-order chi connectivity index (χ1) is 11.2. The lowest BCUT2D eigenvalue weighted by Gasteiger charge is -1.98. The second kappa shape index (κ2) is 6.23. The fourth-order valence-corrected chi connectivity index (χ4v) is 2.09. The topological polar surface area (TPSA) is 88.1 Å². The molecule has 0 amide bonds. The van der Waals surface area contributed by atoms with E-state index < -0.39 is 0 Å². The average Bonchev–Trinajstić information content (AvgIpc) is 3.06. The van der Waals surface area contributed by atoms with Gasteiger partial charge in [0.25, 0.3) is 11.1 Å². The van der Waals surface area contributed by atoms with E-state index in [0.717, 1.165) is 11.3 Å². The largest absolute Gasteiger partial charge is 0.497 e. The lowest BCUT2D eigenvalue weighted by atomic mass is 10.2. The van der Waals surface area contributed by atoms with Crippen LogP contribution in [0, 0.1) is 0 Å². The van der Waals surface area contributed by atoms with Gasteiger partial charge in [0, 0.05) is 5.56 Å². The monoisotopic (exact) mass is 310 g/mol. The number of H-pyrrole nitrogens is 2. The summed E-state index contributed by atoms with van der Waals surface area (Å²) in [5.74, 6) is 0.717. The van der Waals surface area contributed by atoms with Crippen molar-refractivity contribution in [2.75, 3.05) is 7.11 Å². The molecular formula is C17H14N2O4. The van der Waals surface area contributed by atoms with E-state index in [0.29, 0.717) is 5.56 Å². The number of aromatic nitrogens is 2. The number of rotatable bonds is 3. The Labute approximate surface area is 130 Å². The molecule has 2 aromatic heterocycles. The van der Waals surface area contributed by atoms with Crippen molar-refractivity contribution in [2.24, 2.45) is 0 Å². The molecule has 0 saturated heterocycles. The van der Waals surface area contributed by atoms with E-state index in [2.05, 4.69) is 9.97 Å². The highest BCUT2D eigenvalue weighted by Gasteiger charge is 1.98. The molecule has 0 fully saturated rings. The van der Waals surface area contributed by atoms with Crippen molar-refractivity contribution in [3.63, 3.8) is 0 Å². The van der Waals surface area contributed by atoms with Crippen molar-refractivity contribution in [2.45, 2.75) is 0 Å². The molecule has 0 spiro atoms. The van der Waals surface area contributed by atoms with Crippen LogP contribution in [0.1, 0.15) is 11.1 Å². The van der Waals surface area contributed by atoms with Crippen molar-refractivity contribution < 1.29 is 9.15 Å². The Balaban J connectivity index is 2.08. The summed E-state index contributed by atoms with van der Waals surface area (Å²) in [7, 11) is 1.58. The molecular weight excluding hydrogens is 296 g/mol.